The Labute approximate surface area is 168 Å². The van der Waals surface area contributed by atoms with Gasteiger partial charge in [-0.3, -0.25) is 9.59 Å². The third kappa shape index (κ3) is 6.12. The maximum Gasteiger partial charge on any atom is 0.471 e. The molecule has 30 heavy (non-hydrogen) atoms. The van der Waals surface area contributed by atoms with Gasteiger partial charge >= 0.3 is 18.1 Å². The smallest absolute Gasteiger partial charge is 0.471 e. The van der Waals surface area contributed by atoms with Gasteiger partial charge in [-0.25, -0.2) is 4.79 Å². The lowest BCUT2D eigenvalue weighted by Gasteiger charge is -2.12. The van der Waals surface area contributed by atoms with Gasteiger partial charge in [0.05, 0.1) is 25.5 Å². The van der Waals surface area contributed by atoms with Crippen LogP contribution >= 0.6 is 0 Å². The molecule has 2 rings (SSSR count). The summed E-state index contributed by atoms with van der Waals surface area (Å²) in [6.45, 7) is -0.611. The second-order valence-corrected chi connectivity index (χ2v) is 5.72. The number of carbonyl (C=O) groups excluding carboxylic acids is 3. The molecule has 0 aromatic heterocycles. The molecule has 0 aliphatic rings. The van der Waals surface area contributed by atoms with Crippen LogP contribution in [0.25, 0.3) is 0 Å². The summed E-state index contributed by atoms with van der Waals surface area (Å²) in [6, 6.07) is 9.21. The number of anilines is 2. The highest BCUT2D eigenvalue weighted by Crippen LogP contribution is 2.29. The summed E-state index contributed by atoms with van der Waals surface area (Å²) in [4.78, 5) is 34.9. The molecule has 0 saturated heterocycles. The van der Waals surface area contributed by atoms with Gasteiger partial charge in [-0.2, -0.15) is 13.2 Å². The van der Waals surface area contributed by atoms with E-state index < -0.39 is 30.6 Å². The van der Waals surface area contributed by atoms with Gasteiger partial charge in [0.1, 0.15) is 11.5 Å². The van der Waals surface area contributed by atoms with Crippen LogP contribution in [0.2, 0.25) is 0 Å². The number of alkyl halides is 3. The Bertz CT molecular complexity index is 929. The molecule has 160 valence electrons. The molecule has 0 aliphatic heterocycles. The summed E-state index contributed by atoms with van der Waals surface area (Å²) in [7, 11) is 2.88. The first-order valence-corrected chi connectivity index (χ1v) is 8.31. The van der Waals surface area contributed by atoms with E-state index in [2.05, 4.69) is 5.32 Å². The lowest BCUT2D eigenvalue weighted by Crippen LogP contribution is -2.29. The average molecular weight is 426 g/mol. The number of nitrogens with one attached hydrogen (secondary N) is 2. The summed E-state index contributed by atoms with van der Waals surface area (Å²) in [5.41, 5.74) is 0.164. The van der Waals surface area contributed by atoms with Gasteiger partial charge < -0.3 is 24.8 Å². The Balaban J connectivity index is 1.91. The number of carbonyl (C=O) groups is 3. The molecule has 0 spiro atoms. The van der Waals surface area contributed by atoms with Crippen LogP contribution in [0.1, 0.15) is 10.4 Å². The average Bonchev–Trinajstić information content (AvgIpc) is 2.72. The Kier molecular flexibility index (Phi) is 7.23. The van der Waals surface area contributed by atoms with E-state index in [1.54, 1.807) is 23.5 Å². The quantitative estimate of drug-likeness (QED) is 0.660. The van der Waals surface area contributed by atoms with E-state index in [1.165, 1.54) is 14.2 Å². The fraction of sp³-hybridized carbons (Fsp3) is 0.211. The number of halogens is 3. The van der Waals surface area contributed by atoms with E-state index in [0.29, 0.717) is 17.2 Å². The molecule has 0 radical (unpaired) electrons. The van der Waals surface area contributed by atoms with Gasteiger partial charge in [-0.15, -0.1) is 0 Å². The standard InChI is InChI=1S/C19H17F3N2O6/c1-28-13-7-8-14(15(9-13)29-2)24-16(25)10-30-17(26)11-3-5-12(6-4-11)23-18(27)19(20,21)22/h3-9H,10H2,1-2H3,(H,23,27)(H,24,25). The Morgan fingerprint density at radius 3 is 2.17 bits per heavy atom. The molecule has 0 heterocycles. The molecule has 8 nitrogen and oxygen atoms in total. The maximum absolute atomic E-state index is 12.2. The number of methoxy groups -OCH3 is 2. The minimum Gasteiger partial charge on any atom is -0.497 e. The predicted molar refractivity (Wildman–Crippen MR) is 99.6 cm³/mol. The predicted octanol–water partition coefficient (Wildman–Crippen LogP) is 3.00. The molecular weight excluding hydrogens is 409 g/mol. The van der Waals surface area contributed by atoms with Crippen molar-refractivity contribution in [3.8, 4) is 11.5 Å². The first-order valence-electron chi connectivity index (χ1n) is 8.31. The van der Waals surface area contributed by atoms with Gasteiger partial charge in [0.15, 0.2) is 6.61 Å². The van der Waals surface area contributed by atoms with Crippen LogP contribution in [0, 0.1) is 0 Å². The largest absolute Gasteiger partial charge is 0.497 e. The van der Waals surface area contributed by atoms with Crippen molar-refractivity contribution in [2.45, 2.75) is 6.18 Å². The van der Waals surface area contributed by atoms with Gasteiger partial charge in [0.2, 0.25) is 0 Å². The molecule has 0 saturated carbocycles. The minimum atomic E-state index is -5.03. The van der Waals surface area contributed by atoms with Crippen LogP contribution in [0.15, 0.2) is 42.5 Å². The summed E-state index contributed by atoms with van der Waals surface area (Å²) < 4.78 is 51.7. The van der Waals surface area contributed by atoms with Crippen LogP contribution in [-0.4, -0.2) is 44.8 Å². The van der Waals surface area contributed by atoms with Crippen molar-refractivity contribution in [1.29, 1.82) is 0 Å². The van der Waals surface area contributed by atoms with Crippen LogP contribution in [0.5, 0.6) is 11.5 Å². The van der Waals surface area contributed by atoms with Crippen molar-refractivity contribution in [2.24, 2.45) is 0 Å². The fourth-order valence-corrected chi connectivity index (χ4v) is 2.19. The topological polar surface area (TPSA) is 103 Å². The van der Waals surface area contributed by atoms with Gasteiger partial charge in [0, 0.05) is 11.8 Å². The number of ether oxygens (including phenoxy) is 3. The van der Waals surface area contributed by atoms with Crippen molar-refractivity contribution in [1.82, 2.24) is 0 Å². The SMILES string of the molecule is COc1ccc(NC(=O)COC(=O)c2ccc(NC(=O)C(F)(F)F)cc2)c(OC)c1. The normalized spacial score (nSPS) is 10.7. The highest BCUT2D eigenvalue weighted by molar-refractivity contribution is 5.97. The lowest BCUT2D eigenvalue weighted by atomic mass is 10.2. The minimum absolute atomic E-state index is 0.0187. The first-order chi connectivity index (χ1) is 14.1. The molecule has 2 amide bonds. The van der Waals surface area contributed by atoms with Crippen LogP contribution < -0.4 is 20.1 Å². The molecule has 0 fully saturated rings. The third-order valence-corrected chi connectivity index (χ3v) is 3.65. The monoisotopic (exact) mass is 426 g/mol. The van der Waals surface area contributed by atoms with E-state index >= 15 is 0 Å². The van der Waals surface area contributed by atoms with Crippen LogP contribution in [-0.2, 0) is 14.3 Å². The zero-order valence-electron chi connectivity index (χ0n) is 15.8. The van der Waals surface area contributed by atoms with Crippen LogP contribution in [0.3, 0.4) is 0 Å². The summed E-state index contributed by atoms with van der Waals surface area (Å²) in [6.07, 6.45) is -5.03. The van der Waals surface area contributed by atoms with Crippen molar-refractivity contribution in [2.75, 3.05) is 31.5 Å². The fourth-order valence-electron chi connectivity index (χ4n) is 2.19. The number of hydrogen-bond donors (Lipinski definition) is 2. The van der Waals surface area contributed by atoms with E-state index in [1.807, 2.05) is 0 Å². The molecule has 0 unspecified atom stereocenters. The Hall–Kier alpha value is -3.76. The highest BCUT2D eigenvalue weighted by Gasteiger charge is 2.38. The highest BCUT2D eigenvalue weighted by atomic mass is 19.4. The number of amides is 2. The zero-order valence-corrected chi connectivity index (χ0v) is 15.8. The lowest BCUT2D eigenvalue weighted by molar-refractivity contribution is -0.167. The van der Waals surface area contributed by atoms with Crippen molar-refractivity contribution < 1.29 is 41.8 Å². The van der Waals surface area contributed by atoms with Crippen LogP contribution in [0.4, 0.5) is 24.5 Å². The summed E-state index contributed by atoms with van der Waals surface area (Å²) in [5.74, 6) is -2.79. The number of hydrogen-bond acceptors (Lipinski definition) is 6. The molecule has 0 atom stereocenters. The van der Waals surface area contributed by atoms with Gasteiger partial charge in [-0.05, 0) is 36.4 Å². The number of rotatable bonds is 7. The number of esters is 1. The first kappa shape index (κ1) is 22.5. The number of benzene rings is 2. The summed E-state index contributed by atoms with van der Waals surface area (Å²) in [5, 5.41) is 4.16. The second kappa shape index (κ2) is 9.63. The molecular formula is C19H17F3N2O6. The molecule has 11 heteroatoms. The molecule has 0 bridgehead atoms. The van der Waals surface area contributed by atoms with E-state index in [9.17, 15) is 27.6 Å². The van der Waals surface area contributed by atoms with Crippen molar-refractivity contribution in [3.05, 3.63) is 48.0 Å². The maximum atomic E-state index is 12.2. The Morgan fingerprint density at radius 1 is 0.933 bits per heavy atom. The molecule has 2 aromatic carbocycles. The Morgan fingerprint density at radius 2 is 1.60 bits per heavy atom. The van der Waals surface area contributed by atoms with Gasteiger partial charge in [0.25, 0.3) is 5.91 Å². The van der Waals surface area contributed by atoms with E-state index in [4.69, 9.17) is 14.2 Å². The zero-order chi connectivity index (χ0) is 22.3. The van der Waals surface area contributed by atoms with Crippen molar-refractivity contribution >= 4 is 29.2 Å². The summed E-state index contributed by atoms with van der Waals surface area (Å²) >= 11 is 0. The molecule has 2 N–H and O–H groups in total. The van der Waals surface area contributed by atoms with Crippen molar-refractivity contribution in [3.63, 3.8) is 0 Å². The third-order valence-electron chi connectivity index (χ3n) is 3.65. The van der Waals surface area contributed by atoms with E-state index in [-0.39, 0.29) is 11.3 Å². The molecule has 2 aromatic rings. The second-order valence-electron chi connectivity index (χ2n) is 5.72. The van der Waals surface area contributed by atoms with Gasteiger partial charge in [-0.1, -0.05) is 0 Å². The van der Waals surface area contributed by atoms with E-state index in [0.717, 1.165) is 24.3 Å². The molecule has 0 aliphatic carbocycles.